The topological polar surface area (TPSA) is 46.5 Å². The molecule has 0 fully saturated rings. The molecule has 3 nitrogen and oxygen atoms in total. The molecule has 0 aliphatic heterocycles. The highest BCUT2D eigenvalue weighted by Crippen LogP contribution is 2.31. The molecule has 0 radical (unpaired) electrons. The fourth-order valence-corrected chi connectivity index (χ4v) is 0.654. The van der Waals surface area contributed by atoms with Gasteiger partial charge >= 0.3 is 17.7 Å². The van der Waals surface area contributed by atoms with E-state index in [1.165, 1.54) is 12.8 Å². The Kier molecular flexibility index (Phi) is 3.95. The van der Waals surface area contributed by atoms with E-state index in [0.717, 1.165) is 6.92 Å². The minimum absolute atomic E-state index is 0.261. The van der Waals surface area contributed by atoms with Gasteiger partial charge in [-0.25, -0.2) is 4.79 Å². The van der Waals surface area contributed by atoms with Crippen molar-refractivity contribution in [1.82, 2.24) is 0 Å². The van der Waals surface area contributed by atoms with E-state index in [1.807, 2.05) is 5.92 Å². The number of carbonyl (C=O) groups is 1. The molecule has 1 unspecified atom stereocenters. The molecule has 0 aromatic rings. The van der Waals surface area contributed by atoms with Crippen LogP contribution in [0.1, 0.15) is 13.8 Å². The number of alkyl halides is 3. The lowest BCUT2D eigenvalue weighted by Crippen LogP contribution is -2.51. The molecule has 0 amide bonds. The number of rotatable bonds is 2. The Bertz CT molecular complexity index is 274. The second kappa shape index (κ2) is 4.33. The largest absolute Gasteiger partial charge is 0.463 e. The number of ether oxygens (including phenoxy) is 1. The van der Waals surface area contributed by atoms with Gasteiger partial charge in [0, 0.05) is 0 Å². The molecular formula is C8H9F3O3. The first-order chi connectivity index (χ1) is 6.29. The highest BCUT2D eigenvalue weighted by atomic mass is 19.4. The van der Waals surface area contributed by atoms with Crippen LogP contribution in [-0.4, -0.2) is 29.5 Å². The minimum Gasteiger partial charge on any atom is -0.463 e. The summed E-state index contributed by atoms with van der Waals surface area (Å²) in [4.78, 5) is 10.8. The normalized spacial score (nSPS) is 15.0. The Labute approximate surface area is 78.9 Å². The lowest BCUT2D eigenvalue weighted by atomic mass is 10.1. The van der Waals surface area contributed by atoms with Gasteiger partial charge in [-0.3, -0.25) is 0 Å². The zero-order chi connectivity index (χ0) is 11.4. The van der Waals surface area contributed by atoms with E-state index in [4.69, 9.17) is 5.11 Å². The van der Waals surface area contributed by atoms with Crippen molar-refractivity contribution in [1.29, 1.82) is 0 Å². The van der Waals surface area contributed by atoms with E-state index < -0.39 is 17.7 Å². The Morgan fingerprint density at radius 3 is 2.29 bits per heavy atom. The molecule has 0 rings (SSSR count). The first-order valence-electron chi connectivity index (χ1n) is 3.69. The van der Waals surface area contributed by atoms with Crippen molar-refractivity contribution in [3.05, 3.63) is 0 Å². The minimum atomic E-state index is -5.16. The molecular weight excluding hydrogens is 201 g/mol. The lowest BCUT2D eigenvalue weighted by molar-refractivity contribution is -0.242. The predicted molar refractivity (Wildman–Crippen MR) is 41.1 cm³/mol. The van der Waals surface area contributed by atoms with Crippen LogP contribution < -0.4 is 0 Å². The van der Waals surface area contributed by atoms with Crippen LogP contribution >= 0.6 is 0 Å². The summed E-state index contributed by atoms with van der Waals surface area (Å²) in [5, 5.41) is 8.97. The number of halogens is 3. The predicted octanol–water partition coefficient (Wildman–Crippen LogP) is 0.866. The summed E-state index contributed by atoms with van der Waals surface area (Å²) in [5.74, 6) is 1.42. The summed E-state index contributed by atoms with van der Waals surface area (Å²) in [5.41, 5.74) is -3.72. The molecule has 0 saturated heterocycles. The molecule has 0 aromatic heterocycles. The van der Waals surface area contributed by atoms with Crippen molar-refractivity contribution in [2.45, 2.75) is 25.6 Å². The maximum atomic E-state index is 12.2. The van der Waals surface area contributed by atoms with Crippen LogP contribution in [-0.2, 0) is 9.53 Å². The van der Waals surface area contributed by atoms with Crippen LogP contribution in [0.2, 0.25) is 0 Å². The van der Waals surface area contributed by atoms with E-state index in [1.54, 1.807) is 0 Å². The van der Waals surface area contributed by atoms with Gasteiger partial charge in [0.1, 0.15) is 0 Å². The Hall–Kier alpha value is -1.22. The van der Waals surface area contributed by atoms with Crippen LogP contribution in [0.15, 0.2) is 0 Å². The zero-order valence-corrected chi connectivity index (χ0v) is 7.60. The fraction of sp³-hybridized carbons (Fsp3) is 0.625. The third-order valence-corrected chi connectivity index (χ3v) is 1.29. The third kappa shape index (κ3) is 2.39. The van der Waals surface area contributed by atoms with Crippen LogP contribution in [0, 0.1) is 11.8 Å². The van der Waals surface area contributed by atoms with Gasteiger partial charge in [0.25, 0.3) is 0 Å². The first-order valence-corrected chi connectivity index (χ1v) is 3.69. The number of aliphatic hydroxyl groups is 1. The Morgan fingerprint density at radius 1 is 1.50 bits per heavy atom. The standard InChI is InChI=1S/C8H9F3O3/c1-3-5-7(13,8(9,10)11)6(12)14-4-2/h13H,4H2,1-2H3. The van der Waals surface area contributed by atoms with Gasteiger partial charge in [0.15, 0.2) is 0 Å². The highest BCUT2D eigenvalue weighted by molar-refractivity contribution is 5.84. The van der Waals surface area contributed by atoms with Gasteiger partial charge in [0.05, 0.1) is 6.61 Å². The first kappa shape index (κ1) is 12.8. The maximum Gasteiger partial charge on any atom is 0.440 e. The zero-order valence-electron chi connectivity index (χ0n) is 7.60. The monoisotopic (exact) mass is 210 g/mol. The van der Waals surface area contributed by atoms with Crippen LogP contribution in [0.4, 0.5) is 13.2 Å². The van der Waals surface area contributed by atoms with Crippen molar-refractivity contribution >= 4 is 5.97 Å². The average molecular weight is 210 g/mol. The molecule has 0 aliphatic rings. The highest BCUT2D eigenvalue weighted by Gasteiger charge is 2.60. The number of carbonyl (C=O) groups excluding carboxylic acids is 1. The smallest absolute Gasteiger partial charge is 0.440 e. The van der Waals surface area contributed by atoms with Crippen molar-refractivity contribution in [2.24, 2.45) is 0 Å². The van der Waals surface area contributed by atoms with Crippen molar-refractivity contribution in [2.75, 3.05) is 6.61 Å². The van der Waals surface area contributed by atoms with Crippen LogP contribution in [0.25, 0.3) is 0 Å². The number of hydrogen-bond donors (Lipinski definition) is 1. The second-order valence-electron chi connectivity index (χ2n) is 2.30. The van der Waals surface area contributed by atoms with Crippen LogP contribution in [0.5, 0.6) is 0 Å². The fourth-order valence-electron chi connectivity index (χ4n) is 0.654. The van der Waals surface area contributed by atoms with Gasteiger partial charge in [-0.05, 0) is 19.8 Å². The molecule has 0 bridgehead atoms. The summed E-state index contributed by atoms with van der Waals surface area (Å²) in [6, 6.07) is 0. The van der Waals surface area contributed by atoms with Gasteiger partial charge in [0.2, 0.25) is 0 Å². The maximum absolute atomic E-state index is 12.2. The Morgan fingerprint density at radius 2 is 2.00 bits per heavy atom. The van der Waals surface area contributed by atoms with Gasteiger partial charge in [-0.15, -0.1) is 5.92 Å². The summed E-state index contributed by atoms with van der Waals surface area (Å²) in [6.07, 6.45) is -5.16. The molecule has 6 heteroatoms. The molecule has 0 spiro atoms. The van der Waals surface area contributed by atoms with Crippen molar-refractivity contribution < 1.29 is 27.8 Å². The van der Waals surface area contributed by atoms with Gasteiger partial charge < -0.3 is 9.84 Å². The van der Waals surface area contributed by atoms with Gasteiger partial charge in [-0.2, -0.15) is 13.2 Å². The van der Waals surface area contributed by atoms with Crippen molar-refractivity contribution in [3.63, 3.8) is 0 Å². The lowest BCUT2D eigenvalue weighted by Gasteiger charge is -2.22. The second-order valence-corrected chi connectivity index (χ2v) is 2.30. The molecule has 0 heterocycles. The van der Waals surface area contributed by atoms with E-state index in [0.29, 0.717) is 0 Å². The third-order valence-electron chi connectivity index (χ3n) is 1.29. The summed E-state index contributed by atoms with van der Waals surface area (Å²) in [6.45, 7) is 2.15. The van der Waals surface area contributed by atoms with E-state index in [-0.39, 0.29) is 6.61 Å². The number of hydrogen-bond acceptors (Lipinski definition) is 3. The SMILES string of the molecule is CC#CC(O)(C(=O)OCC)C(F)(F)F. The van der Waals surface area contributed by atoms with E-state index in [2.05, 4.69) is 4.74 Å². The molecule has 0 saturated carbocycles. The summed E-state index contributed by atoms with van der Waals surface area (Å²) in [7, 11) is 0. The quantitative estimate of drug-likeness (QED) is 0.543. The molecule has 0 aromatic carbocycles. The molecule has 1 atom stereocenters. The van der Waals surface area contributed by atoms with Gasteiger partial charge in [-0.1, -0.05) is 0 Å². The van der Waals surface area contributed by atoms with E-state index in [9.17, 15) is 18.0 Å². The van der Waals surface area contributed by atoms with Crippen molar-refractivity contribution in [3.8, 4) is 11.8 Å². The average Bonchev–Trinajstić information content (AvgIpc) is 2.03. The molecule has 14 heavy (non-hydrogen) atoms. The van der Waals surface area contributed by atoms with E-state index >= 15 is 0 Å². The number of esters is 1. The molecule has 0 aliphatic carbocycles. The van der Waals surface area contributed by atoms with Crippen LogP contribution in [0.3, 0.4) is 0 Å². The summed E-state index contributed by atoms with van der Waals surface area (Å²) >= 11 is 0. The molecule has 80 valence electrons. The Balaban J connectivity index is 5.08. The summed E-state index contributed by atoms with van der Waals surface area (Å²) < 4.78 is 40.7. The molecule has 1 N–H and O–H groups in total.